The van der Waals surface area contributed by atoms with Gasteiger partial charge in [-0.25, -0.2) is 18.4 Å². The van der Waals surface area contributed by atoms with Crippen molar-refractivity contribution in [3.63, 3.8) is 0 Å². The molecule has 2 rings (SSSR count). The van der Waals surface area contributed by atoms with Crippen LogP contribution in [0.1, 0.15) is 11.3 Å². The van der Waals surface area contributed by atoms with Crippen molar-refractivity contribution >= 4 is 16.0 Å². The summed E-state index contributed by atoms with van der Waals surface area (Å²) in [6.07, 6.45) is 2.83. The van der Waals surface area contributed by atoms with Gasteiger partial charge >= 0.3 is 0 Å². The van der Waals surface area contributed by atoms with Crippen molar-refractivity contribution in [2.75, 3.05) is 37.3 Å². The number of aliphatic hydroxyl groups is 1. The molecule has 0 spiro atoms. The zero-order valence-corrected chi connectivity index (χ0v) is 11.9. The molecular weight excluding hydrogens is 268 g/mol. The molecule has 2 heterocycles. The van der Waals surface area contributed by atoms with Crippen LogP contribution in [0.15, 0.2) is 6.20 Å². The molecule has 0 saturated carbocycles. The minimum atomic E-state index is -3.12. The summed E-state index contributed by atoms with van der Waals surface area (Å²) < 4.78 is 24.3. The number of piperazine rings is 1. The number of rotatable bonds is 3. The lowest BCUT2D eigenvalue weighted by atomic mass is 10.2. The summed E-state index contributed by atoms with van der Waals surface area (Å²) in [4.78, 5) is 10.5. The number of aryl methyl sites for hydroxylation is 1. The molecule has 1 N–H and O–H groups in total. The van der Waals surface area contributed by atoms with Gasteiger partial charge in [0, 0.05) is 43.6 Å². The Kier molecular flexibility index (Phi) is 4.02. The quantitative estimate of drug-likeness (QED) is 0.795. The predicted molar refractivity (Wildman–Crippen MR) is 71.3 cm³/mol. The molecule has 1 aromatic heterocycles. The van der Waals surface area contributed by atoms with E-state index in [1.165, 1.54) is 10.6 Å². The van der Waals surface area contributed by atoms with Crippen molar-refractivity contribution in [3.8, 4) is 0 Å². The SMILES string of the molecule is Cc1nc(N2CCN(S(C)(=O)=O)CC2)ncc1CO. The van der Waals surface area contributed by atoms with Gasteiger partial charge < -0.3 is 10.0 Å². The first-order valence-electron chi connectivity index (χ1n) is 6.05. The molecule has 1 aliphatic heterocycles. The van der Waals surface area contributed by atoms with E-state index >= 15 is 0 Å². The molecule has 0 amide bonds. The summed E-state index contributed by atoms with van der Waals surface area (Å²) in [6, 6.07) is 0. The largest absolute Gasteiger partial charge is 0.392 e. The van der Waals surface area contributed by atoms with Crippen LogP contribution in [-0.4, -0.2) is 60.2 Å². The van der Waals surface area contributed by atoms with Crippen molar-refractivity contribution in [2.24, 2.45) is 0 Å². The molecule has 19 heavy (non-hydrogen) atoms. The van der Waals surface area contributed by atoms with Crippen LogP contribution < -0.4 is 4.90 Å². The number of hydrogen-bond acceptors (Lipinski definition) is 6. The van der Waals surface area contributed by atoms with Gasteiger partial charge in [-0.15, -0.1) is 0 Å². The third-order valence-corrected chi connectivity index (χ3v) is 4.53. The highest BCUT2D eigenvalue weighted by Crippen LogP contribution is 2.14. The molecule has 1 saturated heterocycles. The van der Waals surface area contributed by atoms with E-state index in [1.807, 2.05) is 11.8 Å². The lowest BCUT2D eigenvalue weighted by Crippen LogP contribution is -2.48. The first-order valence-corrected chi connectivity index (χ1v) is 7.90. The van der Waals surface area contributed by atoms with Crippen LogP contribution in [0.4, 0.5) is 5.95 Å². The monoisotopic (exact) mass is 286 g/mol. The van der Waals surface area contributed by atoms with Gasteiger partial charge in [0.05, 0.1) is 12.9 Å². The number of aromatic nitrogens is 2. The third kappa shape index (κ3) is 3.20. The van der Waals surface area contributed by atoms with Gasteiger partial charge in [0.15, 0.2) is 0 Å². The van der Waals surface area contributed by atoms with Crippen molar-refractivity contribution in [3.05, 3.63) is 17.5 Å². The first kappa shape index (κ1) is 14.2. The van der Waals surface area contributed by atoms with E-state index < -0.39 is 10.0 Å². The Hall–Kier alpha value is -1.25. The highest BCUT2D eigenvalue weighted by atomic mass is 32.2. The third-order valence-electron chi connectivity index (χ3n) is 3.23. The van der Waals surface area contributed by atoms with Crippen LogP contribution in [0.25, 0.3) is 0 Å². The predicted octanol–water partition coefficient (Wildman–Crippen LogP) is -0.641. The van der Waals surface area contributed by atoms with E-state index in [0.29, 0.717) is 37.7 Å². The standard InChI is InChI=1S/C11H18N4O3S/c1-9-10(8-16)7-12-11(13-9)14-3-5-15(6-4-14)19(2,17)18/h7,16H,3-6,8H2,1-2H3. The van der Waals surface area contributed by atoms with E-state index in [4.69, 9.17) is 5.11 Å². The van der Waals surface area contributed by atoms with E-state index in [0.717, 1.165) is 5.69 Å². The first-order chi connectivity index (χ1) is 8.91. The van der Waals surface area contributed by atoms with Crippen LogP contribution in [0.5, 0.6) is 0 Å². The van der Waals surface area contributed by atoms with Gasteiger partial charge in [0.25, 0.3) is 0 Å². The Bertz CT molecular complexity index is 553. The van der Waals surface area contributed by atoms with Gasteiger partial charge in [-0.1, -0.05) is 0 Å². The minimum Gasteiger partial charge on any atom is -0.392 e. The van der Waals surface area contributed by atoms with Crippen LogP contribution in [0.3, 0.4) is 0 Å². The Balaban J connectivity index is 2.08. The van der Waals surface area contributed by atoms with Crippen LogP contribution in [0, 0.1) is 6.92 Å². The second-order valence-electron chi connectivity index (χ2n) is 4.59. The van der Waals surface area contributed by atoms with Crippen LogP contribution in [0.2, 0.25) is 0 Å². The fourth-order valence-corrected chi connectivity index (χ4v) is 2.83. The van der Waals surface area contributed by atoms with E-state index in [-0.39, 0.29) is 6.61 Å². The molecule has 0 radical (unpaired) electrons. The molecule has 0 unspecified atom stereocenters. The topological polar surface area (TPSA) is 86.6 Å². The molecule has 0 bridgehead atoms. The van der Waals surface area contributed by atoms with Crippen molar-refractivity contribution in [2.45, 2.75) is 13.5 Å². The zero-order chi connectivity index (χ0) is 14.0. The van der Waals surface area contributed by atoms with Crippen LogP contribution >= 0.6 is 0 Å². The number of hydrogen-bond donors (Lipinski definition) is 1. The fourth-order valence-electron chi connectivity index (χ4n) is 2.01. The summed E-state index contributed by atoms with van der Waals surface area (Å²) >= 11 is 0. The normalized spacial score (nSPS) is 17.7. The molecule has 106 valence electrons. The van der Waals surface area contributed by atoms with Crippen molar-refractivity contribution in [1.29, 1.82) is 0 Å². The highest BCUT2D eigenvalue weighted by molar-refractivity contribution is 7.88. The molecule has 1 aliphatic rings. The molecular formula is C11H18N4O3S. The van der Waals surface area contributed by atoms with Crippen molar-refractivity contribution in [1.82, 2.24) is 14.3 Å². The van der Waals surface area contributed by atoms with Gasteiger partial charge in [-0.05, 0) is 6.92 Å². The average Bonchev–Trinajstić information content (AvgIpc) is 2.38. The Morgan fingerprint density at radius 2 is 1.95 bits per heavy atom. The number of nitrogens with zero attached hydrogens (tertiary/aromatic N) is 4. The summed E-state index contributed by atoms with van der Waals surface area (Å²) in [6.45, 7) is 3.79. The van der Waals surface area contributed by atoms with Crippen molar-refractivity contribution < 1.29 is 13.5 Å². The second-order valence-corrected chi connectivity index (χ2v) is 6.57. The van der Waals surface area contributed by atoms with Gasteiger partial charge in [-0.3, -0.25) is 0 Å². The summed E-state index contributed by atoms with van der Waals surface area (Å²) in [5.41, 5.74) is 1.46. The number of anilines is 1. The number of aliphatic hydroxyl groups excluding tert-OH is 1. The Labute approximate surface area is 112 Å². The maximum absolute atomic E-state index is 11.4. The molecule has 7 nitrogen and oxygen atoms in total. The molecule has 0 aliphatic carbocycles. The second kappa shape index (κ2) is 5.40. The van der Waals surface area contributed by atoms with Gasteiger partial charge in [-0.2, -0.15) is 4.31 Å². The molecule has 8 heteroatoms. The van der Waals surface area contributed by atoms with E-state index in [2.05, 4.69) is 9.97 Å². The molecule has 1 fully saturated rings. The average molecular weight is 286 g/mol. The number of sulfonamides is 1. The van der Waals surface area contributed by atoms with Crippen LogP contribution in [-0.2, 0) is 16.6 Å². The van der Waals surface area contributed by atoms with Gasteiger partial charge in [0.2, 0.25) is 16.0 Å². The Morgan fingerprint density at radius 1 is 1.32 bits per heavy atom. The highest BCUT2D eigenvalue weighted by Gasteiger charge is 2.24. The maximum atomic E-state index is 11.4. The molecule has 0 atom stereocenters. The Morgan fingerprint density at radius 3 is 2.42 bits per heavy atom. The minimum absolute atomic E-state index is 0.0754. The smallest absolute Gasteiger partial charge is 0.225 e. The molecule has 0 aromatic carbocycles. The summed E-state index contributed by atoms with van der Waals surface area (Å²) in [7, 11) is -3.12. The zero-order valence-electron chi connectivity index (χ0n) is 11.1. The molecule has 1 aromatic rings. The maximum Gasteiger partial charge on any atom is 0.225 e. The lowest BCUT2D eigenvalue weighted by molar-refractivity contribution is 0.280. The lowest BCUT2D eigenvalue weighted by Gasteiger charge is -2.33. The van der Waals surface area contributed by atoms with E-state index in [1.54, 1.807) is 6.20 Å². The van der Waals surface area contributed by atoms with E-state index in [9.17, 15) is 8.42 Å². The summed E-state index contributed by atoms with van der Waals surface area (Å²) in [5.74, 6) is 0.586. The fraction of sp³-hybridized carbons (Fsp3) is 0.636. The summed E-state index contributed by atoms with van der Waals surface area (Å²) in [5, 5.41) is 9.08. The van der Waals surface area contributed by atoms with Gasteiger partial charge in [0.1, 0.15) is 0 Å².